The van der Waals surface area contributed by atoms with Crippen molar-refractivity contribution in [2.24, 2.45) is 0 Å². The zero-order valence-electron chi connectivity index (χ0n) is 11.7. The van der Waals surface area contributed by atoms with E-state index in [1.165, 1.54) is 12.1 Å². The summed E-state index contributed by atoms with van der Waals surface area (Å²) in [5.41, 5.74) is 0.779. The lowest BCUT2D eigenvalue weighted by Crippen LogP contribution is -2.41. The summed E-state index contributed by atoms with van der Waals surface area (Å²) in [6, 6.07) is 6.26. The molecule has 1 aliphatic heterocycles. The molecule has 3 nitrogen and oxygen atoms in total. The van der Waals surface area contributed by atoms with Crippen molar-refractivity contribution in [2.45, 2.75) is 31.0 Å². The first-order chi connectivity index (χ1) is 10.3. The Morgan fingerprint density at radius 3 is 2.18 bits per heavy atom. The molecule has 0 aromatic heterocycles. The molecule has 1 fully saturated rings. The molecule has 0 radical (unpaired) electrons. The fourth-order valence-corrected chi connectivity index (χ4v) is 2.11. The van der Waals surface area contributed by atoms with E-state index in [2.05, 4.69) is 15.4 Å². The molecule has 0 atom stereocenters. The van der Waals surface area contributed by atoms with Gasteiger partial charge in [0.1, 0.15) is 5.75 Å². The van der Waals surface area contributed by atoms with Gasteiger partial charge in [-0.15, -0.1) is 0 Å². The monoisotopic (exact) mass is 324 g/mol. The molecular weight excluding hydrogens is 307 g/mol. The summed E-state index contributed by atoms with van der Waals surface area (Å²) < 4.78 is 66.1. The molecule has 0 bridgehead atoms. The van der Waals surface area contributed by atoms with Gasteiger partial charge < -0.3 is 15.4 Å². The molecule has 8 heteroatoms. The van der Waals surface area contributed by atoms with Crippen LogP contribution in [0.2, 0.25) is 0 Å². The Bertz CT molecular complexity index is 469. The Kier molecular flexibility index (Phi) is 5.10. The van der Waals surface area contributed by atoms with Crippen LogP contribution in [0.1, 0.15) is 12.8 Å². The smallest absolute Gasteiger partial charge is 0.456 e. The van der Waals surface area contributed by atoms with Gasteiger partial charge in [0, 0.05) is 11.7 Å². The maximum Gasteiger partial charge on any atom is 0.456 e. The summed E-state index contributed by atoms with van der Waals surface area (Å²) in [6.45, 7) is 0.119. The van der Waals surface area contributed by atoms with Crippen LogP contribution < -0.4 is 15.4 Å². The van der Waals surface area contributed by atoms with Crippen molar-refractivity contribution in [1.29, 1.82) is 0 Å². The van der Waals surface area contributed by atoms with Crippen LogP contribution in [-0.2, 0) is 0 Å². The number of halogens is 5. The van der Waals surface area contributed by atoms with Crippen molar-refractivity contribution in [3.63, 3.8) is 0 Å². The van der Waals surface area contributed by atoms with Crippen molar-refractivity contribution >= 4 is 5.69 Å². The molecule has 22 heavy (non-hydrogen) atoms. The molecule has 0 saturated carbocycles. The fourth-order valence-electron chi connectivity index (χ4n) is 2.11. The largest absolute Gasteiger partial charge is 0.487 e. The lowest BCUT2D eigenvalue weighted by atomic mass is 10.1. The van der Waals surface area contributed by atoms with Crippen molar-refractivity contribution in [1.82, 2.24) is 5.32 Å². The Morgan fingerprint density at radius 1 is 1.05 bits per heavy atom. The number of hydrogen-bond donors (Lipinski definition) is 2. The normalized spacial score (nSPS) is 17.3. The third-order valence-corrected chi connectivity index (χ3v) is 3.40. The molecule has 2 N–H and O–H groups in total. The number of ether oxygens (including phenoxy) is 1. The zero-order chi connectivity index (χ0) is 16.2. The molecule has 1 heterocycles. The van der Waals surface area contributed by atoms with Crippen LogP contribution in [-0.4, -0.2) is 37.8 Å². The average molecular weight is 324 g/mol. The van der Waals surface area contributed by atoms with E-state index >= 15 is 0 Å². The lowest BCUT2D eigenvalue weighted by molar-refractivity contribution is -0.290. The van der Waals surface area contributed by atoms with E-state index in [0.29, 0.717) is 6.04 Å². The van der Waals surface area contributed by atoms with Gasteiger partial charge in [0.15, 0.2) is 6.61 Å². The number of piperidine rings is 1. The number of benzene rings is 1. The van der Waals surface area contributed by atoms with Crippen LogP contribution in [0.5, 0.6) is 5.75 Å². The highest BCUT2D eigenvalue weighted by molar-refractivity contribution is 5.47. The van der Waals surface area contributed by atoms with Gasteiger partial charge in [-0.3, -0.25) is 0 Å². The van der Waals surface area contributed by atoms with Crippen LogP contribution in [0.3, 0.4) is 0 Å². The van der Waals surface area contributed by atoms with Crippen LogP contribution in [0.4, 0.5) is 27.6 Å². The molecule has 2 rings (SSSR count). The molecule has 1 saturated heterocycles. The quantitative estimate of drug-likeness (QED) is 0.814. The summed E-state index contributed by atoms with van der Waals surface area (Å²) in [6.07, 6.45) is -3.67. The lowest BCUT2D eigenvalue weighted by Gasteiger charge is -2.24. The zero-order valence-corrected chi connectivity index (χ0v) is 11.7. The van der Waals surface area contributed by atoms with Gasteiger partial charge in [-0.2, -0.15) is 22.0 Å². The van der Waals surface area contributed by atoms with E-state index in [1.54, 1.807) is 12.1 Å². The average Bonchev–Trinajstić information content (AvgIpc) is 2.46. The Morgan fingerprint density at radius 2 is 1.64 bits per heavy atom. The van der Waals surface area contributed by atoms with Crippen molar-refractivity contribution in [2.75, 3.05) is 25.0 Å². The number of nitrogens with one attached hydrogen (secondary N) is 2. The molecule has 1 aromatic rings. The Balaban J connectivity index is 1.86. The van der Waals surface area contributed by atoms with Gasteiger partial charge in [0.25, 0.3) is 0 Å². The molecule has 1 aromatic carbocycles. The molecule has 0 unspecified atom stereocenters. The van der Waals surface area contributed by atoms with Crippen LogP contribution >= 0.6 is 0 Å². The van der Waals surface area contributed by atoms with Gasteiger partial charge >= 0.3 is 12.1 Å². The molecule has 124 valence electrons. The standard InChI is InChI=1S/C14H17F5N2O/c15-13(16,14(17,18)19)9-22-12-3-1-10(2-4-12)21-11-5-7-20-8-6-11/h1-4,11,20-21H,5-9H2. The predicted octanol–water partition coefficient (Wildman–Crippen LogP) is 3.43. The van der Waals surface area contributed by atoms with Crippen LogP contribution in [0, 0.1) is 0 Å². The minimum absolute atomic E-state index is 0.0280. The first kappa shape index (κ1) is 16.8. The summed E-state index contributed by atoms with van der Waals surface area (Å²) in [5.74, 6) is -4.89. The third-order valence-electron chi connectivity index (χ3n) is 3.40. The molecule has 0 aliphatic carbocycles. The SMILES string of the molecule is FC(F)(F)C(F)(F)COc1ccc(NC2CCNCC2)cc1. The van der Waals surface area contributed by atoms with Crippen LogP contribution in [0.25, 0.3) is 0 Å². The Hall–Kier alpha value is -1.57. The van der Waals surface area contributed by atoms with E-state index < -0.39 is 18.7 Å². The van der Waals surface area contributed by atoms with Crippen molar-refractivity contribution < 1.29 is 26.7 Å². The number of anilines is 1. The fraction of sp³-hybridized carbons (Fsp3) is 0.571. The van der Waals surface area contributed by atoms with Gasteiger partial charge in [0.2, 0.25) is 0 Å². The highest BCUT2D eigenvalue weighted by atomic mass is 19.4. The number of alkyl halides is 5. The van der Waals surface area contributed by atoms with Crippen LogP contribution in [0.15, 0.2) is 24.3 Å². The van der Waals surface area contributed by atoms with Gasteiger partial charge in [-0.1, -0.05) is 0 Å². The number of hydrogen-bond acceptors (Lipinski definition) is 3. The highest BCUT2D eigenvalue weighted by Gasteiger charge is 2.58. The van der Waals surface area contributed by atoms with Crippen molar-refractivity contribution in [3.8, 4) is 5.75 Å². The maximum atomic E-state index is 12.7. The van der Waals surface area contributed by atoms with E-state index in [1.807, 2.05) is 0 Å². The predicted molar refractivity (Wildman–Crippen MR) is 72.5 cm³/mol. The van der Waals surface area contributed by atoms with E-state index in [0.717, 1.165) is 31.6 Å². The molecular formula is C14H17F5N2O. The molecule has 0 amide bonds. The van der Waals surface area contributed by atoms with E-state index in [4.69, 9.17) is 0 Å². The first-order valence-electron chi connectivity index (χ1n) is 6.92. The topological polar surface area (TPSA) is 33.3 Å². The summed E-state index contributed by atoms with van der Waals surface area (Å²) >= 11 is 0. The van der Waals surface area contributed by atoms with Gasteiger partial charge in [-0.05, 0) is 50.2 Å². The summed E-state index contributed by atoms with van der Waals surface area (Å²) in [4.78, 5) is 0. The first-order valence-corrected chi connectivity index (χ1v) is 6.92. The summed E-state index contributed by atoms with van der Waals surface area (Å²) in [5, 5.41) is 6.51. The second-order valence-corrected chi connectivity index (χ2v) is 5.18. The maximum absolute atomic E-state index is 12.7. The highest BCUT2D eigenvalue weighted by Crippen LogP contribution is 2.35. The van der Waals surface area contributed by atoms with Gasteiger partial charge in [0.05, 0.1) is 0 Å². The van der Waals surface area contributed by atoms with Crippen molar-refractivity contribution in [3.05, 3.63) is 24.3 Å². The molecule has 1 aliphatic rings. The number of rotatable bonds is 5. The Labute approximate surface area is 124 Å². The van der Waals surface area contributed by atoms with Gasteiger partial charge in [-0.25, -0.2) is 0 Å². The second kappa shape index (κ2) is 6.68. The van der Waals surface area contributed by atoms with E-state index in [9.17, 15) is 22.0 Å². The second-order valence-electron chi connectivity index (χ2n) is 5.18. The minimum Gasteiger partial charge on any atom is -0.487 e. The molecule has 0 spiro atoms. The summed E-state index contributed by atoms with van der Waals surface area (Å²) in [7, 11) is 0. The van der Waals surface area contributed by atoms with E-state index in [-0.39, 0.29) is 5.75 Å². The minimum atomic E-state index is -5.61. The third kappa shape index (κ3) is 4.46.